The van der Waals surface area contributed by atoms with Crippen molar-refractivity contribution in [2.24, 2.45) is 5.73 Å². The molecule has 4 rings (SSSR count). The monoisotopic (exact) mass is 378 g/mol. The van der Waals surface area contributed by atoms with Crippen LogP contribution in [0.4, 0.5) is 0 Å². The molecule has 1 heterocycles. The van der Waals surface area contributed by atoms with Crippen molar-refractivity contribution in [3.05, 3.63) is 89.5 Å². The zero-order valence-corrected chi connectivity index (χ0v) is 15.3. The van der Waals surface area contributed by atoms with Gasteiger partial charge in [0.05, 0.1) is 4.90 Å². The van der Waals surface area contributed by atoms with Gasteiger partial charge in [0.2, 0.25) is 15.9 Å². The maximum atomic E-state index is 13.3. The summed E-state index contributed by atoms with van der Waals surface area (Å²) in [6, 6.07) is 21.5. The predicted octanol–water partition coefficient (Wildman–Crippen LogP) is 3.16. The fourth-order valence-electron chi connectivity index (χ4n) is 3.41. The normalized spacial score (nSPS) is 14.1. The third-order valence-electron chi connectivity index (χ3n) is 4.77. The van der Waals surface area contributed by atoms with E-state index in [0.717, 1.165) is 22.3 Å². The van der Waals surface area contributed by atoms with Crippen molar-refractivity contribution >= 4 is 15.9 Å². The number of carbonyl (C=O) groups is 1. The number of benzene rings is 3. The Hall–Kier alpha value is -2.96. The molecule has 0 unspecified atom stereocenters. The van der Waals surface area contributed by atoms with E-state index in [-0.39, 0.29) is 23.5 Å². The van der Waals surface area contributed by atoms with Gasteiger partial charge in [-0.15, -0.1) is 0 Å². The molecule has 2 N–H and O–H groups in total. The zero-order valence-electron chi connectivity index (χ0n) is 14.5. The van der Waals surface area contributed by atoms with Gasteiger partial charge in [0.25, 0.3) is 0 Å². The lowest BCUT2D eigenvalue weighted by atomic mass is 9.97. The van der Waals surface area contributed by atoms with E-state index in [2.05, 4.69) is 0 Å². The number of hydrogen-bond donors (Lipinski definition) is 1. The van der Waals surface area contributed by atoms with Crippen molar-refractivity contribution in [3.8, 4) is 11.1 Å². The molecule has 0 saturated heterocycles. The largest absolute Gasteiger partial charge is 0.366 e. The molecule has 0 radical (unpaired) electrons. The van der Waals surface area contributed by atoms with E-state index in [4.69, 9.17) is 5.73 Å². The second-order valence-electron chi connectivity index (χ2n) is 6.48. The second-order valence-corrected chi connectivity index (χ2v) is 8.42. The zero-order chi connectivity index (χ0) is 19.0. The smallest absolute Gasteiger partial charge is 0.248 e. The van der Waals surface area contributed by atoms with Crippen LogP contribution >= 0.6 is 0 Å². The number of fused-ring (bicyclic) bond motifs is 3. The topological polar surface area (TPSA) is 80.5 Å². The number of nitrogens with two attached hydrogens (primary N) is 1. The lowest BCUT2D eigenvalue weighted by molar-refractivity contribution is 0.1000. The van der Waals surface area contributed by atoms with Crippen LogP contribution in [0.1, 0.15) is 21.5 Å². The third kappa shape index (κ3) is 3.13. The van der Waals surface area contributed by atoms with E-state index in [0.29, 0.717) is 0 Å². The molecule has 0 aliphatic carbocycles. The van der Waals surface area contributed by atoms with Gasteiger partial charge in [-0.3, -0.25) is 4.79 Å². The summed E-state index contributed by atoms with van der Waals surface area (Å²) >= 11 is 0. The van der Waals surface area contributed by atoms with Crippen LogP contribution in [0.2, 0.25) is 0 Å². The average molecular weight is 378 g/mol. The van der Waals surface area contributed by atoms with E-state index in [1.54, 1.807) is 0 Å². The molecule has 0 atom stereocenters. The molecule has 27 heavy (non-hydrogen) atoms. The standard InChI is InChI=1S/C21H18N2O3S/c22-21(24)15-8-5-9-18(12-15)27(25,26)23-13-16-6-1-3-10-19(16)20-11-4-2-7-17(20)14-23/h1-12H,13-14H2,(H2,22,24). The molecule has 0 bridgehead atoms. The minimum absolute atomic E-state index is 0.0654. The maximum Gasteiger partial charge on any atom is 0.248 e. The first-order chi connectivity index (χ1) is 13.0. The Balaban J connectivity index is 1.83. The summed E-state index contributed by atoms with van der Waals surface area (Å²) < 4.78 is 28.1. The van der Waals surface area contributed by atoms with Gasteiger partial charge < -0.3 is 5.73 Å². The van der Waals surface area contributed by atoms with E-state index >= 15 is 0 Å². The van der Waals surface area contributed by atoms with E-state index in [1.807, 2.05) is 48.5 Å². The highest BCUT2D eigenvalue weighted by atomic mass is 32.2. The van der Waals surface area contributed by atoms with Crippen molar-refractivity contribution in [3.63, 3.8) is 0 Å². The Morgan fingerprint density at radius 1 is 0.815 bits per heavy atom. The van der Waals surface area contributed by atoms with E-state index in [9.17, 15) is 13.2 Å². The van der Waals surface area contributed by atoms with Crippen LogP contribution < -0.4 is 5.73 Å². The minimum Gasteiger partial charge on any atom is -0.366 e. The predicted molar refractivity (Wildman–Crippen MR) is 103 cm³/mol. The molecule has 3 aromatic carbocycles. The van der Waals surface area contributed by atoms with Crippen LogP contribution in [0.3, 0.4) is 0 Å². The van der Waals surface area contributed by atoms with Crippen molar-refractivity contribution in [2.45, 2.75) is 18.0 Å². The highest BCUT2D eigenvalue weighted by molar-refractivity contribution is 7.89. The van der Waals surface area contributed by atoms with Crippen LogP contribution in [0.5, 0.6) is 0 Å². The highest BCUT2D eigenvalue weighted by Crippen LogP contribution is 2.34. The third-order valence-corrected chi connectivity index (χ3v) is 6.56. The molecule has 1 amide bonds. The first-order valence-corrected chi connectivity index (χ1v) is 9.97. The molecule has 5 nitrogen and oxygen atoms in total. The lowest BCUT2D eigenvalue weighted by Crippen LogP contribution is -2.29. The molecule has 3 aromatic rings. The molecule has 0 spiro atoms. The van der Waals surface area contributed by atoms with E-state index in [1.165, 1.54) is 28.6 Å². The summed E-state index contributed by atoms with van der Waals surface area (Å²) in [5.74, 6) is -0.654. The molecule has 0 fully saturated rings. The lowest BCUT2D eigenvalue weighted by Gasteiger charge is -2.21. The van der Waals surface area contributed by atoms with Crippen LogP contribution in [0.25, 0.3) is 11.1 Å². The first-order valence-electron chi connectivity index (χ1n) is 8.53. The number of primary amides is 1. The van der Waals surface area contributed by atoms with Gasteiger partial charge in [0.1, 0.15) is 0 Å². The number of amides is 1. The summed E-state index contributed by atoms with van der Waals surface area (Å²) in [5, 5.41) is 0. The van der Waals surface area contributed by atoms with Crippen LogP contribution in [-0.2, 0) is 23.1 Å². The molecular weight excluding hydrogens is 360 g/mol. The Morgan fingerprint density at radius 2 is 1.37 bits per heavy atom. The van der Waals surface area contributed by atoms with Gasteiger partial charge in [-0.25, -0.2) is 8.42 Å². The molecule has 0 aromatic heterocycles. The number of nitrogens with zero attached hydrogens (tertiary/aromatic N) is 1. The Bertz CT molecular complexity index is 1090. The summed E-state index contributed by atoms with van der Waals surface area (Å²) in [4.78, 5) is 11.5. The quantitative estimate of drug-likeness (QED) is 0.760. The Kier molecular flexibility index (Phi) is 4.30. The van der Waals surface area contributed by atoms with Gasteiger partial charge >= 0.3 is 0 Å². The second kappa shape index (κ2) is 6.64. The summed E-state index contributed by atoms with van der Waals surface area (Å²) in [6.45, 7) is 0.516. The minimum atomic E-state index is -3.80. The highest BCUT2D eigenvalue weighted by Gasteiger charge is 2.29. The van der Waals surface area contributed by atoms with Crippen LogP contribution in [0, 0.1) is 0 Å². The molecule has 6 heteroatoms. The molecule has 1 aliphatic heterocycles. The SMILES string of the molecule is NC(=O)c1cccc(S(=O)(=O)N2Cc3ccccc3-c3ccccc3C2)c1. The Morgan fingerprint density at radius 3 is 1.93 bits per heavy atom. The summed E-state index contributed by atoms with van der Waals surface area (Å²) in [6.07, 6.45) is 0. The van der Waals surface area contributed by atoms with Crippen molar-refractivity contribution in [1.82, 2.24) is 4.31 Å². The van der Waals surface area contributed by atoms with Crippen molar-refractivity contribution < 1.29 is 13.2 Å². The number of carbonyl (C=O) groups excluding carboxylic acids is 1. The fourth-order valence-corrected chi connectivity index (χ4v) is 4.85. The van der Waals surface area contributed by atoms with Crippen LogP contribution in [0.15, 0.2) is 77.7 Å². The van der Waals surface area contributed by atoms with Crippen molar-refractivity contribution in [2.75, 3.05) is 0 Å². The maximum absolute atomic E-state index is 13.3. The summed E-state index contributed by atoms with van der Waals surface area (Å²) in [5.41, 5.74) is 9.44. The fraction of sp³-hybridized carbons (Fsp3) is 0.0952. The van der Waals surface area contributed by atoms with Gasteiger partial charge in [-0.05, 0) is 40.5 Å². The van der Waals surface area contributed by atoms with Gasteiger partial charge in [-0.2, -0.15) is 4.31 Å². The average Bonchev–Trinajstić information content (AvgIpc) is 2.85. The van der Waals surface area contributed by atoms with E-state index < -0.39 is 15.9 Å². The number of sulfonamides is 1. The van der Waals surface area contributed by atoms with Gasteiger partial charge in [0, 0.05) is 18.7 Å². The van der Waals surface area contributed by atoms with Crippen molar-refractivity contribution in [1.29, 1.82) is 0 Å². The Labute approximate surface area is 158 Å². The molecule has 136 valence electrons. The van der Waals surface area contributed by atoms with Crippen LogP contribution in [-0.4, -0.2) is 18.6 Å². The number of hydrogen-bond acceptors (Lipinski definition) is 3. The number of rotatable bonds is 3. The first kappa shape index (κ1) is 17.5. The summed E-state index contributed by atoms with van der Waals surface area (Å²) in [7, 11) is -3.80. The molecule has 1 aliphatic rings. The van der Waals surface area contributed by atoms with Gasteiger partial charge in [-0.1, -0.05) is 54.6 Å². The molecule has 0 saturated carbocycles. The van der Waals surface area contributed by atoms with Gasteiger partial charge in [0.15, 0.2) is 0 Å². The molecular formula is C21H18N2O3S.